The Bertz CT molecular complexity index is 765. The Hall–Kier alpha value is -2.58. The molecule has 144 valence electrons. The van der Waals surface area contributed by atoms with Gasteiger partial charge >= 0.3 is 12.1 Å². The third-order valence-electron chi connectivity index (χ3n) is 4.05. The average Bonchev–Trinajstić information content (AvgIpc) is 3.04. The Labute approximate surface area is 151 Å². The molecule has 0 bridgehead atoms. The van der Waals surface area contributed by atoms with Gasteiger partial charge in [-0.3, -0.25) is 14.3 Å². The average molecular weight is 367 g/mol. The molecule has 1 aromatic rings. The summed E-state index contributed by atoms with van der Waals surface area (Å²) in [6.45, 7) is 5.83. The summed E-state index contributed by atoms with van der Waals surface area (Å²) in [6, 6.07) is -0.475. The van der Waals surface area contributed by atoms with Crippen LogP contribution in [0.15, 0.2) is 4.79 Å². The van der Waals surface area contributed by atoms with Crippen LogP contribution in [-0.2, 0) is 16.5 Å². The van der Waals surface area contributed by atoms with E-state index in [0.29, 0.717) is 18.8 Å². The van der Waals surface area contributed by atoms with Gasteiger partial charge in [-0.1, -0.05) is 0 Å². The summed E-state index contributed by atoms with van der Waals surface area (Å²) in [6.07, 6.45) is 0.857. The standard InChI is InChI=1S/C17H25N3O6/c1-17(2,3)26-16(23)20-9-7-8-10(20)13-18-11(15(22)25-6)12(24-5)14(21)19(13)4/h10H,7-9H2,1-6H3/t10-/m0/s1. The van der Waals surface area contributed by atoms with Crippen molar-refractivity contribution in [2.24, 2.45) is 7.05 Å². The minimum absolute atomic E-state index is 0.190. The summed E-state index contributed by atoms with van der Waals surface area (Å²) in [7, 11) is 4.01. The highest BCUT2D eigenvalue weighted by Crippen LogP contribution is 2.32. The first-order valence-electron chi connectivity index (χ1n) is 8.33. The minimum Gasteiger partial charge on any atom is -0.489 e. The first-order valence-corrected chi connectivity index (χ1v) is 8.33. The van der Waals surface area contributed by atoms with Crippen molar-refractivity contribution in [2.75, 3.05) is 20.8 Å². The maximum absolute atomic E-state index is 12.6. The van der Waals surface area contributed by atoms with Gasteiger partial charge in [0.25, 0.3) is 5.56 Å². The zero-order chi connectivity index (χ0) is 19.6. The Morgan fingerprint density at radius 3 is 2.42 bits per heavy atom. The number of amides is 1. The molecule has 1 atom stereocenters. The van der Waals surface area contributed by atoms with Crippen molar-refractivity contribution in [1.82, 2.24) is 14.5 Å². The number of hydrogen-bond donors (Lipinski definition) is 0. The lowest BCUT2D eigenvalue weighted by Crippen LogP contribution is -2.39. The third kappa shape index (κ3) is 3.81. The molecule has 0 aliphatic carbocycles. The molecular formula is C17H25N3O6. The van der Waals surface area contributed by atoms with Gasteiger partial charge in [0.2, 0.25) is 5.75 Å². The second kappa shape index (κ2) is 7.35. The van der Waals surface area contributed by atoms with Gasteiger partial charge < -0.3 is 14.2 Å². The molecule has 0 saturated carbocycles. The molecule has 26 heavy (non-hydrogen) atoms. The Balaban J connectivity index is 2.50. The predicted octanol–water partition coefficient (Wildman–Crippen LogP) is 1.65. The van der Waals surface area contributed by atoms with Crippen LogP contribution in [0.25, 0.3) is 0 Å². The van der Waals surface area contributed by atoms with E-state index in [4.69, 9.17) is 14.2 Å². The van der Waals surface area contributed by atoms with E-state index in [2.05, 4.69) is 4.98 Å². The number of nitrogens with zero attached hydrogens (tertiary/aromatic N) is 3. The number of carbonyl (C=O) groups is 2. The molecule has 1 aliphatic heterocycles. The van der Waals surface area contributed by atoms with Crippen LogP contribution < -0.4 is 10.3 Å². The number of likely N-dealkylation sites (tertiary alicyclic amines) is 1. The van der Waals surface area contributed by atoms with Gasteiger partial charge in [0.15, 0.2) is 5.69 Å². The zero-order valence-electron chi connectivity index (χ0n) is 16.0. The summed E-state index contributed by atoms with van der Waals surface area (Å²) in [5.41, 5.74) is -1.36. The van der Waals surface area contributed by atoms with E-state index in [1.54, 1.807) is 20.8 Å². The topological polar surface area (TPSA) is 100.0 Å². The predicted molar refractivity (Wildman–Crippen MR) is 92.3 cm³/mol. The van der Waals surface area contributed by atoms with E-state index in [9.17, 15) is 14.4 Å². The third-order valence-corrected chi connectivity index (χ3v) is 4.05. The second-order valence-corrected chi connectivity index (χ2v) is 7.04. The lowest BCUT2D eigenvalue weighted by Gasteiger charge is -2.29. The van der Waals surface area contributed by atoms with Gasteiger partial charge in [-0.15, -0.1) is 0 Å². The van der Waals surface area contributed by atoms with Gasteiger partial charge in [-0.2, -0.15) is 0 Å². The van der Waals surface area contributed by atoms with E-state index < -0.39 is 29.3 Å². The summed E-state index contributed by atoms with van der Waals surface area (Å²) >= 11 is 0. The molecule has 1 fully saturated rings. The summed E-state index contributed by atoms with van der Waals surface area (Å²) in [5.74, 6) is -0.674. The molecule has 9 heteroatoms. The second-order valence-electron chi connectivity index (χ2n) is 7.04. The molecule has 0 unspecified atom stereocenters. The van der Waals surface area contributed by atoms with Crippen LogP contribution in [-0.4, -0.2) is 52.9 Å². The summed E-state index contributed by atoms with van der Waals surface area (Å²) in [4.78, 5) is 42.9. The molecule has 1 aromatic heterocycles. The lowest BCUT2D eigenvalue weighted by atomic mass is 10.2. The molecular weight excluding hydrogens is 342 g/mol. The van der Waals surface area contributed by atoms with Crippen LogP contribution in [0.4, 0.5) is 4.79 Å². The molecule has 1 aliphatic rings. The van der Waals surface area contributed by atoms with Crippen molar-refractivity contribution < 1.29 is 23.8 Å². The van der Waals surface area contributed by atoms with E-state index in [-0.39, 0.29) is 11.4 Å². The van der Waals surface area contributed by atoms with Crippen LogP contribution in [0.2, 0.25) is 0 Å². The Kier molecular flexibility index (Phi) is 5.58. The van der Waals surface area contributed by atoms with Gasteiger partial charge in [0.05, 0.1) is 20.3 Å². The maximum atomic E-state index is 12.6. The van der Waals surface area contributed by atoms with Crippen LogP contribution in [0.5, 0.6) is 5.75 Å². The highest BCUT2D eigenvalue weighted by Gasteiger charge is 2.37. The van der Waals surface area contributed by atoms with Crippen LogP contribution in [0.3, 0.4) is 0 Å². The fourth-order valence-corrected chi connectivity index (χ4v) is 2.89. The number of rotatable bonds is 3. The van der Waals surface area contributed by atoms with E-state index >= 15 is 0 Å². The van der Waals surface area contributed by atoms with Crippen molar-refractivity contribution in [3.05, 3.63) is 21.9 Å². The first kappa shape index (κ1) is 19.7. The number of carbonyl (C=O) groups excluding carboxylic acids is 2. The number of methoxy groups -OCH3 is 2. The minimum atomic E-state index is -0.775. The number of esters is 1. The van der Waals surface area contributed by atoms with E-state index in [1.807, 2.05) is 0 Å². The van der Waals surface area contributed by atoms with Crippen molar-refractivity contribution in [1.29, 1.82) is 0 Å². The number of aromatic nitrogens is 2. The normalized spacial score (nSPS) is 17.2. The van der Waals surface area contributed by atoms with Gasteiger partial charge in [0, 0.05) is 13.6 Å². The molecule has 0 N–H and O–H groups in total. The van der Waals surface area contributed by atoms with Crippen LogP contribution >= 0.6 is 0 Å². The first-order chi connectivity index (χ1) is 12.1. The summed E-state index contributed by atoms with van der Waals surface area (Å²) in [5, 5.41) is 0. The van der Waals surface area contributed by atoms with E-state index in [0.717, 1.165) is 6.42 Å². The number of ether oxygens (including phenoxy) is 3. The van der Waals surface area contributed by atoms with Crippen LogP contribution in [0.1, 0.15) is 56.0 Å². The maximum Gasteiger partial charge on any atom is 0.410 e. The zero-order valence-corrected chi connectivity index (χ0v) is 16.0. The SMILES string of the molecule is COC(=O)c1nc([C@@H]2CCCN2C(=O)OC(C)(C)C)n(C)c(=O)c1OC. The molecule has 2 heterocycles. The summed E-state index contributed by atoms with van der Waals surface area (Å²) < 4.78 is 16.5. The Morgan fingerprint density at radius 2 is 1.88 bits per heavy atom. The smallest absolute Gasteiger partial charge is 0.410 e. The van der Waals surface area contributed by atoms with Crippen molar-refractivity contribution >= 4 is 12.1 Å². The molecule has 9 nitrogen and oxygen atoms in total. The Morgan fingerprint density at radius 1 is 1.23 bits per heavy atom. The highest BCUT2D eigenvalue weighted by atomic mass is 16.6. The molecule has 2 rings (SSSR count). The van der Waals surface area contributed by atoms with E-state index in [1.165, 1.54) is 30.7 Å². The highest BCUT2D eigenvalue weighted by molar-refractivity contribution is 5.90. The van der Waals surface area contributed by atoms with Gasteiger partial charge in [-0.05, 0) is 33.6 Å². The fourth-order valence-electron chi connectivity index (χ4n) is 2.89. The fraction of sp³-hybridized carbons (Fsp3) is 0.647. The van der Waals surface area contributed by atoms with Gasteiger partial charge in [0.1, 0.15) is 11.4 Å². The molecule has 1 saturated heterocycles. The van der Waals surface area contributed by atoms with Crippen molar-refractivity contribution in [3.63, 3.8) is 0 Å². The van der Waals surface area contributed by atoms with Crippen molar-refractivity contribution in [2.45, 2.75) is 45.3 Å². The quantitative estimate of drug-likeness (QED) is 0.749. The lowest BCUT2D eigenvalue weighted by molar-refractivity contribution is 0.0215. The molecule has 1 amide bonds. The molecule has 0 radical (unpaired) electrons. The molecule has 0 aromatic carbocycles. The monoisotopic (exact) mass is 367 g/mol. The van der Waals surface area contributed by atoms with Crippen molar-refractivity contribution in [3.8, 4) is 5.75 Å². The van der Waals surface area contributed by atoms with Crippen LogP contribution in [0, 0.1) is 0 Å². The molecule has 0 spiro atoms. The van der Waals surface area contributed by atoms with Gasteiger partial charge in [-0.25, -0.2) is 14.6 Å². The largest absolute Gasteiger partial charge is 0.489 e. The number of hydrogen-bond acceptors (Lipinski definition) is 7.